The molecule has 0 amide bonds. The fraction of sp³-hybridized carbons (Fsp3) is 0.333. The molecule has 23 heavy (non-hydrogen) atoms. The maximum atomic E-state index is 5.97. The molecule has 0 radical (unpaired) electrons. The summed E-state index contributed by atoms with van der Waals surface area (Å²) in [4.78, 5) is 4.26. The van der Waals surface area contributed by atoms with Crippen LogP contribution in [0.25, 0.3) is 10.8 Å². The van der Waals surface area contributed by atoms with Crippen LogP contribution in [0.15, 0.2) is 48.8 Å². The Morgan fingerprint density at radius 3 is 3.09 bits per heavy atom. The fourth-order valence-electron chi connectivity index (χ4n) is 3.15. The molecular formula is C18H20N4O. The van der Waals surface area contributed by atoms with Gasteiger partial charge in [0.1, 0.15) is 24.5 Å². The highest BCUT2D eigenvalue weighted by Crippen LogP contribution is 2.24. The van der Waals surface area contributed by atoms with E-state index in [4.69, 9.17) is 4.74 Å². The number of hydrogen-bond donors (Lipinski definition) is 1. The zero-order valence-electron chi connectivity index (χ0n) is 13.0. The van der Waals surface area contributed by atoms with Gasteiger partial charge >= 0.3 is 0 Å². The summed E-state index contributed by atoms with van der Waals surface area (Å²) >= 11 is 0. The van der Waals surface area contributed by atoms with Crippen molar-refractivity contribution in [2.45, 2.75) is 25.4 Å². The predicted octanol–water partition coefficient (Wildman–Crippen LogP) is 2.41. The van der Waals surface area contributed by atoms with Gasteiger partial charge in [-0.15, -0.1) is 0 Å². The Hall–Kier alpha value is -2.40. The largest absolute Gasteiger partial charge is 0.492 e. The topological polar surface area (TPSA) is 52.0 Å². The van der Waals surface area contributed by atoms with E-state index in [0.717, 1.165) is 37.5 Å². The van der Waals surface area contributed by atoms with Crippen molar-refractivity contribution < 1.29 is 4.74 Å². The van der Waals surface area contributed by atoms with Gasteiger partial charge in [-0.1, -0.05) is 36.4 Å². The van der Waals surface area contributed by atoms with E-state index in [-0.39, 0.29) is 0 Å². The van der Waals surface area contributed by atoms with E-state index in [9.17, 15) is 0 Å². The van der Waals surface area contributed by atoms with Gasteiger partial charge in [0.25, 0.3) is 0 Å². The molecule has 0 unspecified atom stereocenters. The van der Waals surface area contributed by atoms with Crippen LogP contribution in [0.1, 0.15) is 12.2 Å². The van der Waals surface area contributed by atoms with Crippen molar-refractivity contribution in [2.24, 2.45) is 0 Å². The van der Waals surface area contributed by atoms with Gasteiger partial charge in [-0.05, 0) is 17.9 Å². The first-order valence-electron chi connectivity index (χ1n) is 8.11. The lowest BCUT2D eigenvalue weighted by Gasteiger charge is -2.23. The van der Waals surface area contributed by atoms with Crippen LogP contribution >= 0.6 is 0 Å². The van der Waals surface area contributed by atoms with Crippen molar-refractivity contribution in [2.75, 3.05) is 13.2 Å². The van der Waals surface area contributed by atoms with Crippen LogP contribution in [-0.2, 0) is 13.0 Å². The smallest absolute Gasteiger partial charge is 0.138 e. The zero-order valence-corrected chi connectivity index (χ0v) is 13.0. The molecule has 2 heterocycles. The molecule has 1 aliphatic heterocycles. The Morgan fingerprint density at radius 2 is 2.09 bits per heavy atom. The summed E-state index contributed by atoms with van der Waals surface area (Å²) in [6.07, 6.45) is 3.73. The summed E-state index contributed by atoms with van der Waals surface area (Å²) in [5.41, 5.74) is 0. The van der Waals surface area contributed by atoms with Crippen LogP contribution in [0.3, 0.4) is 0 Å². The Balaban J connectivity index is 1.31. The van der Waals surface area contributed by atoms with Crippen LogP contribution in [-0.4, -0.2) is 34.0 Å². The third-order valence-corrected chi connectivity index (χ3v) is 4.35. The van der Waals surface area contributed by atoms with Crippen LogP contribution in [0.2, 0.25) is 0 Å². The average Bonchev–Trinajstić information content (AvgIpc) is 3.06. The molecule has 1 atom stereocenters. The molecule has 3 aromatic rings. The Kier molecular flexibility index (Phi) is 3.94. The highest BCUT2D eigenvalue weighted by molar-refractivity contribution is 5.88. The number of nitrogens with one attached hydrogen (secondary N) is 1. The monoisotopic (exact) mass is 308 g/mol. The Morgan fingerprint density at radius 1 is 1.17 bits per heavy atom. The summed E-state index contributed by atoms with van der Waals surface area (Å²) in [5.74, 6) is 2.04. The Labute approximate surface area is 135 Å². The van der Waals surface area contributed by atoms with Gasteiger partial charge in [0.05, 0.1) is 6.54 Å². The van der Waals surface area contributed by atoms with Crippen molar-refractivity contribution in [3.8, 4) is 5.75 Å². The maximum absolute atomic E-state index is 5.97. The molecule has 0 aliphatic carbocycles. The van der Waals surface area contributed by atoms with Crippen molar-refractivity contribution in [1.29, 1.82) is 0 Å². The number of benzene rings is 2. The molecule has 0 saturated heterocycles. The summed E-state index contributed by atoms with van der Waals surface area (Å²) < 4.78 is 7.96. The first-order chi connectivity index (χ1) is 11.4. The molecular weight excluding hydrogens is 288 g/mol. The third kappa shape index (κ3) is 3.05. The predicted molar refractivity (Wildman–Crippen MR) is 89.6 cm³/mol. The minimum absolute atomic E-state index is 0.445. The van der Waals surface area contributed by atoms with Crippen molar-refractivity contribution in [1.82, 2.24) is 20.1 Å². The summed E-state index contributed by atoms with van der Waals surface area (Å²) in [5, 5.41) is 10.2. The van der Waals surface area contributed by atoms with Gasteiger partial charge in [0.2, 0.25) is 0 Å². The summed E-state index contributed by atoms with van der Waals surface area (Å²) in [6.45, 7) is 2.39. The van der Waals surface area contributed by atoms with Gasteiger partial charge < -0.3 is 10.1 Å². The second-order valence-electron chi connectivity index (χ2n) is 5.87. The van der Waals surface area contributed by atoms with E-state index >= 15 is 0 Å². The molecule has 1 aliphatic rings. The molecule has 1 aromatic heterocycles. The van der Waals surface area contributed by atoms with E-state index in [0.29, 0.717) is 12.6 Å². The van der Waals surface area contributed by atoms with Crippen LogP contribution < -0.4 is 10.1 Å². The number of nitrogens with zero attached hydrogens (tertiary/aromatic N) is 3. The van der Waals surface area contributed by atoms with E-state index < -0.39 is 0 Å². The Bertz CT molecular complexity index is 793. The molecule has 118 valence electrons. The number of ether oxygens (including phenoxy) is 1. The number of fused-ring (bicyclic) bond motifs is 2. The third-order valence-electron chi connectivity index (χ3n) is 4.35. The lowest BCUT2D eigenvalue weighted by molar-refractivity contribution is 0.288. The van der Waals surface area contributed by atoms with Gasteiger partial charge in [-0.25, -0.2) is 9.67 Å². The quantitative estimate of drug-likeness (QED) is 0.736. The summed E-state index contributed by atoms with van der Waals surface area (Å²) in [6, 6.07) is 14.9. The molecule has 0 spiro atoms. The van der Waals surface area contributed by atoms with E-state index in [1.165, 1.54) is 10.8 Å². The van der Waals surface area contributed by atoms with Crippen LogP contribution in [0.5, 0.6) is 5.75 Å². The molecule has 2 aromatic carbocycles. The van der Waals surface area contributed by atoms with Crippen molar-refractivity contribution in [3.05, 3.63) is 54.6 Å². The molecule has 0 saturated carbocycles. The number of hydrogen-bond acceptors (Lipinski definition) is 4. The molecule has 5 heteroatoms. The van der Waals surface area contributed by atoms with E-state index in [2.05, 4.69) is 39.7 Å². The average molecular weight is 308 g/mol. The first-order valence-corrected chi connectivity index (χ1v) is 8.11. The zero-order chi connectivity index (χ0) is 15.5. The summed E-state index contributed by atoms with van der Waals surface area (Å²) in [7, 11) is 0. The second-order valence-corrected chi connectivity index (χ2v) is 5.87. The highest BCUT2D eigenvalue weighted by atomic mass is 16.5. The molecule has 0 fully saturated rings. The van der Waals surface area contributed by atoms with E-state index in [1.54, 1.807) is 6.33 Å². The number of rotatable bonds is 5. The maximum Gasteiger partial charge on any atom is 0.138 e. The van der Waals surface area contributed by atoms with Crippen LogP contribution in [0.4, 0.5) is 0 Å². The van der Waals surface area contributed by atoms with E-state index in [1.807, 2.05) is 22.9 Å². The lowest BCUT2D eigenvalue weighted by Crippen LogP contribution is -2.39. The normalized spacial score (nSPS) is 17.1. The van der Waals surface area contributed by atoms with Gasteiger partial charge in [0, 0.05) is 24.4 Å². The minimum Gasteiger partial charge on any atom is -0.492 e. The van der Waals surface area contributed by atoms with Gasteiger partial charge in [-0.3, -0.25) is 0 Å². The van der Waals surface area contributed by atoms with Crippen molar-refractivity contribution in [3.63, 3.8) is 0 Å². The van der Waals surface area contributed by atoms with Crippen molar-refractivity contribution >= 4 is 10.8 Å². The molecule has 0 bridgehead atoms. The lowest BCUT2D eigenvalue weighted by atomic mass is 10.1. The SMILES string of the molecule is c1ccc2c(OCCN[C@@H]3CCc4ncnn4C3)cccc2c1. The van der Waals surface area contributed by atoms with Gasteiger partial charge in [-0.2, -0.15) is 5.10 Å². The van der Waals surface area contributed by atoms with Crippen LogP contribution in [0, 0.1) is 0 Å². The standard InChI is InChI=1S/C18H20N4O/c1-2-6-16-14(4-1)5-3-7-17(16)23-11-10-19-15-8-9-18-20-13-21-22(18)12-15/h1-7,13,15,19H,8-12H2/t15-/m1/s1. The fourth-order valence-corrected chi connectivity index (χ4v) is 3.15. The minimum atomic E-state index is 0.445. The molecule has 5 nitrogen and oxygen atoms in total. The number of aromatic nitrogens is 3. The molecule has 4 rings (SSSR count). The second kappa shape index (κ2) is 6.38. The first kappa shape index (κ1) is 14.2. The van der Waals surface area contributed by atoms with Gasteiger partial charge in [0.15, 0.2) is 0 Å². The number of aryl methyl sites for hydroxylation is 1. The highest BCUT2D eigenvalue weighted by Gasteiger charge is 2.18. The molecule has 1 N–H and O–H groups in total.